The van der Waals surface area contributed by atoms with Crippen LogP contribution in [0.3, 0.4) is 0 Å². The number of aromatic nitrogens is 1. The molecule has 0 radical (unpaired) electrons. The van der Waals surface area contributed by atoms with E-state index in [-0.39, 0.29) is 10.6 Å². The van der Waals surface area contributed by atoms with Gasteiger partial charge in [-0.2, -0.15) is 0 Å². The molecule has 0 spiro atoms. The van der Waals surface area contributed by atoms with E-state index in [4.69, 9.17) is 0 Å². The molecule has 2 aromatic carbocycles. The van der Waals surface area contributed by atoms with Crippen LogP contribution in [0.5, 0.6) is 5.75 Å². The van der Waals surface area contributed by atoms with Gasteiger partial charge < -0.3 is 4.74 Å². The summed E-state index contributed by atoms with van der Waals surface area (Å²) in [6.07, 6.45) is -4.91. The van der Waals surface area contributed by atoms with E-state index in [9.17, 15) is 21.6 Å². The predicted molar refractivity (Wildman–Crippen MR) is 96.2 cm³/mol. The van der Waals surface area contributed by atoms with Gasteiger partial charge in [-0.3, -0.25) is 4.72 Å². The van der Waals surface area contributed by atoms with E-state index in [0.29, 0.717) is 11.3 Å². The summed E-state index contributed by atoms with van der Waals surface area (Å²) in [5, 5.41) is 2.72. The van der Waals surface area contributed by atoms with E-state index in [2.05, 4.69) is 14.4 Å². The molecule has 0 bridgehead atoms. The van der Waals surface area contributed by atoms with Gasteiger partial charge in [-0.05, 0) is 31.2 Å². The van der Waals surface area contributed by atoms with Crippen LogP contribution < -0.4 is 9.46 Å². The number of rotatable bonds is 5. The number of anilines is 1. The van der Waals surface area contributed by atoms with Crippen molar-refractivity contribution in [1.82, 2.24) is 4.98 Å². The van der Waals surface area contributed by atoms with Crippen LogP contribution in [-0.4, -0.2) is 19.8 Å². The lowest BCUT2D eigenvalue weighted by atomic mass is 10.1. The topological polar surface area (TPSA) is 68.3 Å². The Kier molecular flexibility index (Phi) is 5.11. The van der Waals surface area contributed by atoms with Gasteiger partial charge in [0, 0.05) is 22.7 Å². The normalized spacial score (nSPS) is 12.0. The molecule has 0 fully saturated rings. The number of halogens is 3. The molecule has 1 aromatic heterocycles. The number of hydrogen-bond donors (Lipinski definition) is 1. The molecule has 1 N–H and O–H groups in total. The second-order valence-corrected chi connectivity index (χ2v) is 8.21. The molecule has 0 saturated carbocycles. The van der Waals surface area contributed by atoms with Crippen LogP contribution in [0, 0.1) is 6.92 Å². The molecule has 0 aliphatic rings. The molecule has 0 aliphatic carbocycles. The number of nitrogens with one attached hydrogen (secondary N) is 1. The lowest BCUT2D eigenvalue weighted by Crippen LogP contribution is -2.18. The number of benzene rings is 2. The minimum atomic E-state index is -4.91. The average Bonchev–Trinajstić information content (AvgIpc) is 3.00. The highest BCUT2D eigenvalue weighted by molar-refractivity contribution is 7.92. The molecule has 0 atom stereocenters. The highest BCUT2D eigenvalue weighted by atomic mass is 32.2. The van der Waals surface area contributed by atoms with E-state index in [1.807, 2.05) is 12.3 Å². The summed E-state index contributed by atoms with van der Waals surface area (Å²) in [6.45, 7) is 1.86. The molecular formula is C17H13F3N2O3S2. The number of ether oxygens (including phenoxy) is 1. The van der Waals surface area contributed by atoms with Crippen LogP contribution >= 0.6 is 11.3 Å². The van der Waals surface area contributed by atoms with Crippen molar-refractivity contribution in [1.29, 1.82) is 0 Å². The summed E-state index contributed by atoms with van der Waals surface area (Å²) in [6, 6.07) is 10.8. The van der Waals surface area contributed by atoms with Gasteiger partial charge in [0.05, 0.1) is 15.6 Å². The molecule has 27 heavy (non-hydrogen) atoms. The zero-order valence-electron chi connectivity index (χ0n) is 13.8. The highest BCUT2D eigenvalue weighted by Gasteiger charge is 2.31. The van der Waals surface area contributed by atoms with E-state index >= 15 is 0 Å². The second kappa shape index (κ2) is 7.20. The Morgan fingerprint density at radius 3 is 2.52 bits per heavy atom. The zero-order chi connectivity index (χ0) is 19.7. The summed E-state index contributed by atoms with van der Waals surface area (Å²) >= 11 is 1.47. The SMILES string of the molecule is Cc1nc(-c2cccc(NS(=O)(=O)c3cccc(OC(F)(F)F)c3)c2)cs1. The van der Waals surface area contributed by atoms with Crippen LogP contribution in [0.1, 0.15) is 5.01 Å². The van der Waals surface area contributed by atoms with Gasteiger partial charge in [0.1, 0.15) is 5.75 Å². The smallest absolute Gasteiger partial charge is 0.406 e. The van der Waals surface area contributed by atoms with Crippen molar-refractivity contribution >= 4 is 27.0 Å². The third-order valence-electron chi connectivity index (χ3n) is 3.38. The fourth-order valence-corrected chi connectivity index (χ4v) is 4.00. The van der Waals surface area contributed by atoms with Crippen molar-refractivity contribution in [2.75, 3.05) is 4.72 Å². The summed E-state index contributed by atoms with van der Waals surface area (Å²) in [5.74, 6) is -0.614. The first-order chi connectivity index (χ1) is 12.6. The van der Waals surface area contributed by atoms with Gasteiger partial charge in [-0.15, -0.1) is 24.5 Å². The molecule has 3 aromatic rings. The fraction of sp³-hybridized carbons (Fsp3) is 0.118. The van der Waals surface area contributed by atoms with E-state index in [1.54, 1.807) is 18.2 Å². The van der Waals surface area contributed by atoms with Crippen molar-refractivity contribution in [2.45, 2.75) is 18.2 Å². The second-order valence-electron chi connectivity index (χ2n) is 5.46. The molecular weight excluding hydrogens is 401 g/mol. The molecule has 3 rings (SSSR count). The van der Waals surface area contributed by atoms with Gasteiger partial charge >= 0.3 is 6.36 Å². The van der Waals surface area contributed by atoms with Crippen molar-refractivity contribution in [3.05, 3.63) is 58.9 Å². The van der Waals surface area contributed by atoms with Gasteiger partial charge in [0.25, 0.3) is 10.0 Å². The molecule has 142 valence electrons. The monoisotopic (exact) mass is 414 g/mol. The molecule has 5 nitrogen and oxygen atoms in total. The van der Waals surface area contributed by atoms with Crippen molar-refractivity contribution in [2.24, 2.45) is 0 Å². The lowest BCUT2D eigenvalue weighted by Gasteiger charge is -2.12. The first-order valence-electron chi connectivity index (χ1n) is 7.54. The fourth-order valence-electron chi connectivity index (χ4n) is 2.29. The predicted octanol–water partition coefficient (Wildman–Crippen LogP) is 4.82. The maximum absolute atomic E-state index is 12.5. The van der Waals surface area contributed by atoms with E-state index in [1.165, 1.54) is 29.5 Å². The largest absolute Gasteiger partial charge is 0.573 e. The molecule has 0 amide bonds. The van der Waals surface area contributed by atoms with Gasteiger partial charge in [-0.1, -0.05) is 18.2 Å². The highest BCUT2D eigenvalue weighted by Crippen LogP contribution is 2.28. The molecule has 0 unspecified atom stereocenters. The van der Waals surface area contributed by atoms with Crippen LogP contribution in [0.2, 0.25) is 0 Å². The number of hydrogen-bond acceptors (Lipinski definition) is 5. The Labute approximate surface area is 157 Å². The standard InChI is InChI=1S/C17H13F3N2O3S2/c1-11-21-16(10-26-11)12-4-2-5-13(8-12)22-27(23,24)15-7-3-6-14(9-15)25-17(18,19)20/h2-10,22H,1H3. The maximum Gasteiger partial charge on any atom is 0.573 e. The molecule has 1 heterocycles. The number of thiazole rings is 1. The summed E-state index contributed by atoms with van der Waals surface area (Å²) in [5.41, 5.74) is 1.69. The van der Waals surface area contributed by atoms with E-state index in [0.717, 1.165) is 17.1 Å². The van der Waals surface area contributed by atoms with Crippen LogP contribution in [0.25, 0.3) is 11.3 Å². The molecule has 0 aliphatic heterocycles. The van der Waals surface area contributed by atoms with Crippen LogP contribution in [-0.2, 0) is 10.0 Å². The van der Waals surface area contributed by atoms with Gasteiger partial charge in [0.2, 0.25) is 0 Å². The maximum atomic E-state index is 12.5. The van der Waals surface area contributed by atoms with Crippen LogP contribution in [0.15, 0.2) is 58.8 Å². The Balaban J connectivity index is 1.86. The third-order valence-corrected chi connectivity index (χ3v) is 5.53. The third kappa shape index (κ3) is 4.98. The minimum Gasteiger partial charge on any atom is -0.406 e. The number of nitrogens with zero attached hydrogens (tertiary/aromatic N) is 1. The van der Waals surface area contributed by atoms with E-state index < -0.39 is 22.1 Å². The Morgan fingerprint density at radius 2 is 1.85 bits per heavy atom. The van der Waals surface area contributed by atoms with Gasteiger partial charge in [0.15, 0.2) is 0 Å². The molecule has 0 saturated heterocycles. The summed E-state index contributed by atoms with van der Waals surface area (Å²) < 4.78 is 68.1. The Morgan fingerprint density at radius 1 is 1.11 bits per heavy atom. The quantitative estimate of drug-likeness (QED) is 0.650. The van der Waals surface area contributed by atoms with Crippen molar-refractivity contribution in [3.63, 3.8) is 0 Å². The number of aryl methyl sites for hydroxylation is 1. The Bertz CT molecular complexity index is 1060. The number of alkyl halides is 3. The van der Waals surface area contributed by atoms with Gasteiger partial charge in [-0.25, -0.2) is 13.4 Å². The minimum absolute atomic E-state index is 0.264. The first kappa shape index (κ1) is 19.2. The Hall–Kier alpha value is -2.59. The lowest BCUT2D eigenvalue weighted by molar-refractivity contribution is -0.274. The summed E-state index contributed by atoms with van der Waals surface area (Å²) in [4.78, 5) is 3.99. The zero-order valence-corrected chi connectivity index (χ0v) is 15.5. The summed E-state index contributed by atoms with van der Waals surface area (Å²) in [7, 11) is -4.10. The van der Waals surface area contributed by atoms with Crippen molar-refractivity contribution in [3.8, 4) is 17.0 Å². The average molecular weight is 414 g/mol. The van der Waals surface area contributed by atoms with Crippen molar-refractivity contribution < 1.29 is 26.3 Å². The molecule has 10 heteroatoms. The van der Waals surface area contributed by atoms with Crippen LogP contribution in [0.4, 0.5) is 18.9 Å². The number of sulfonamides is 1. The first-order valence-corrected chi connectivity index (χ1v) is 9.90.